The van der Waals surface area contributed by atoms with Crippen molar-refractivity contribution in [2.24, 2.45) is 5.73 Å². The molecule has 1 aromatic rings. The van der Waals surface area contributed by atoms with Crippen LogP contribution in [0.3, 0.4) is 0 Å². The number of ether oxygens (including phenoxy) is 3. The molecule has 0 aliphatic rings. The lowest BCUT2D eigenvalue weighted by Gasteiger charge is -2.19. The van der Waals surface area contributed by atoms with Crippen LogP contribution in [-0.2, 0) is 4.79 Å². The second-order valence-corrected chi connectivity index (χ2v) is 4.21. The molecule has 1 atom stereocenters. The Kier molecular flexibility index (Phi) is 4.80. The fourth-order valence-electron chi connectivity index (χ4n) is 1.56. The number of hydrogen-bond donors (Lipinski definition) is 2. The molecular formula is C11H14BrNO5. The fraction of sp³-hybridized carbons (Fsp3) is 0.364. The van der Waals surface area contributed by atoms with Gasteiger partial charge in [-0.15, -0.1) is 0 Å². The molecule has 18 heavy (non-hydrogen) atoms. The van der Waals surface area contributed by atoms with E-state index in [1.54, 1.807) is 6.07 Å². The summed E-state index contributed by atoms with van der Waals surface area (Å²) in [5.74, 6) is -0.211. The van der Waals surface area contributed by atoms with Gasteiger partial charge in [0, 0.05) is 10.0 Å². The number of halogens is 1. The van der Waals surface area contributed by atoms with Gasteiger partial charge in [0.2, 0.25) is 5.75 Å². The number of hydrogen-bond acceptors (Lipinski definition) is 5. The van der Waals surface area contributed by atoms with Crippen molar-refractivity contribution in [3.63, 3.8) is 0 Å². The van der Waals surface area contributed by atoms with Crippen LogP contribution < -0.4 is 19.9 Å². The summed E-state index contributed by atoms with van der Waals surface area (Å²) in [5, 5.41) is 9.00. The van der Waals surface area contributed by atoms with Crippen molar-refractivity contribution >= 4 is 21.9 Å². The van der Waals surface area contributed by atoms with Crippen LogP contribution in [0.1, 0.15) is 11.6 Å². The molecule has 0 bridgehead atoms. The Hall–Kier alpha value is -1.47. The van der Waals surface area contributed by atoms with Gasteiger partial charge < -0.3 is 25.1 Å². The number of benzene rings is 1. The van der Waals surface area contributed by atoms with Gasteiger partial charge in [0.15, 0.2) is 11.5 Å². The highest BCUT2D eigenvalue weighted by Gasteiger charge is 2.27. The zero-order valence-electron chi connectivity index (χ0n) is 10.2. The first-order valence-corrected chi connectivity index (χ1v) is 5.73. The van der Waals surface area contributed by atoms with Crippen molar-refractivity contribution < 1.29 is 24.1 Å². The number of aliphatic carboxylic acids is 1. The molecule has 3 N–H and O–H groups in total. The minimum absolute atomic E-state index is 0.235. The van der Waals surface area contributed by atoms with Crippen LogP contribution in [0.5, 0.6) is 17.2 Å². The molecule has 0 heterocycles. The maximum absolute atomic E-state index is 11.0. The summed E-state index contributed by atoms with van der Waals surface area (Å²) in [6, 6.07) is 0.355. The topological polar surface area (TPSA) is 91.0 Å². The van der Waals surface area contributed by atoms with E-state index in [-0.39, 0.29) is 5.75 Å². The third-order valence-corrected chi connectivity index (χ3v) is 3.05. The zero-order valence-corrected chi connectivity index (χ0v) is 11.8. The molecule has 0 radical (unpaired) electrons. The van der Waals surface area contributed by atoms with E-state index in [4.69, 9.17) is 25.1 Å². The average molecular weight is 320 g/mol. The molecule has 1 aromatic carbocycles. The molecule has 0 spiro atoms. The van der Waals surface area contributed by atoms with Crippen molar-refractivity contribution in [2.75, 3.05) is 21.3 Å². The lowest BCUT2D eigenvalue weighted by molar-refractivity contribution is -0.138. The van der Waals surface area contributed by atoms with Crippen LogP contribution in [0, 0.1) is 0 Å². The lowest BCUT2D eigenvalue weighted by Crippen LogP contribution is -2.22. The van der Waals surface area contributed by atoms with E-state index >= 15 is 0 Å². The third-order valence-electron chi connectivity index (χ3n) is 2.39. The normalized spacial score (nSPS) is 11.8. The Morgan fingerprint density at radius 2 is 1.83 bits per heavy atom. The number of carboxylic acid groups (broad SMARTS) is 1. The van der Waals surface area contributed by atoms with Crippen molar-refractivity contribution in [3.8, 4) is 17.2 Å². The van der Waals surface area contributed by atoms with Gasteiger partial charge in [-0.1, -0.05) is 15.9 Å². The summed E-state index contributed by atoms with van der Waals surface area (Å²) in [6.45, 7) is 0. The predicted molar refractivity (Wildman–Crippen MR) is 68.4 cm³/mol. The second kappa shape index (κ2) is 5.92. The first kappa shape index (κ1) is 14.6. The van der Waals surface area contributed by atoms with E-state index in [1.807, 2.05) is 0 Å². The summed E-state index contributed by atoms with van der Waals surface area (Å²) in [6.07, 6.45) is 0. The quantitative estimate of drug-likeness (QED) is 0.855. The van der Waals surface area contributed by atoms with Gasteiger partial charge >= 0.3 is 5.97 Å². The van der Waals surface area contributed by atoms with E-state index in [1.165, 1.54) is 21.3 Å². The zero-order chi connectivity index (χ0) is 13.9. The molecule has 0 saturated carbocycles. The molecule has 1 rings (SSSR count). The van der Waals surface area contributed by atoms with E-state index in [0.29, 0.717) is 21.5 Å². The molecule has 0 aliphatic carbocycles. The first-order valence-electron chi connectivity index (χ1n) is 4.94. The average Bonchev–Trinajstić information content (AvgIpc) is 2.36. The monoisotopic (exact) mass is 319 g/mol. The summed E-state index contributed by atoms with van der Waals surface area (Å²) < 4.78 is 16.0. The van der Waals surface area contributed by atoms with Crippen LogP contribution in [-0.4, -0.2) is 32.4 Å². The second-order valence-electron chi connectivity index (χ2n) is 3.36. The maximum Gasteiger partial charge on any atom is 0.325 e. The highest BCUT2D eigenvalue weighted by Crippen LogP contribution is 2.45. The van der Waals surface area contributed by atoms with E-state index in [9.17, 15) is 4.79 Å². The predicted octanol–water partition coefficient (Wildman–Crippen LogP) is 1.56. The molecule has 0 aliphatic heterocycles. The van der Waals surface area contributed by atoms with Gasteiger partial charge in [-0.25, -0.2) is 0 Å². The number of carboxylic acids is 1. The standard InChI is InChI=1S/C11H14BrNO5/c1-16-6-4-5(12)7(8(13)11(14)15)10(18-3)9(6)17-2/h4,8H,13H2,1-3H3,(H,14,15). The van der Waals surface area contributed by atoms with Crippen LogP contribution in [0.4, 0.5) is 0 Å². The molecule has 0 saturated heterocycles. The summed E-state index contributed by atoms with van der Waals surface area (Å²) in [4.78, 5) is 11.0. The van der Waals surface area contributed by atoms with Crippen LogP contribution in [0.15, 0.2) is 10.5 Å². The molecule has 1 unspecified atom stereocenters. The largest absolute Gasteiger partial charge is 0.493 e. The molecule has 0 amide bonds. The Bertz CT molecular complexity index is 463. The van der Waals surface area contributed by atoms with E-state index in [2.05, 4.69) is 15.9 Å². The molecule has 0 aromatic heterocycles. The van der Waals surface area contributed by atoms with E-state index < -0.39 is 12.0 Å². The third kappa shape index (κ3) is 2.51. The minimum Gasteiger partial charge on any atom is -0.493 e. The number of methoxy groups -OCH3 is 3. The Balaban J connectivity index is 3.55. The molecular weight excluding hydrogens is 306 g/mol. The lowest BCUT2D eigenvalue weighted by atomic mass is 10.1. The number of rotatable bonds is 5. The van der Waals surface area contributed by atoms with Crippen molar-refractivity contribution in [1.29, 1.82) is 0 Å². The molecule has 7 heteroatoms. The van der Waals surface area contributed by atoms with Gasteiger partial charge in [-0.2, -0.15) is 0 Å². The Morgan fingerprint density at radius 3 is 2.22 bits per heavy atom. The number of carbonyl (C=O) groups is 1. The maximum atomic E-state index is 11.0. The number of nitrogens with two attached hydrogens (primary N) is 1. The van der Waals surface area contributed by atoms with Gasteiger partial charge in [-0.05, 0) is 6.07 Å². The van der Waals surface area contributed by atoms with Gasteiger partial charge in [-0.3, -0.25) is 4.79 Å². The van der Waals surface area contributed by atoms with Gasteiger partial charge in [0.05, 0.1) is 21.3 Å². The minimum atomic E-state index is -1.23. The SMILES string of the molecule is COc1cc(Br)c(C(N)C(=O)O)c(OC)c1OC. The van der Waals surface area contributed by atoms with Crippen LogP contribution in [0.25, 0.3) is 0 Å². The van der Waals surface area contributed by atoms with Crippen molar-refractivity contribution in [3.05, 3.63) is 16.1 Å². The molecule has 100 valence electrons. The Morgan fingerprint density at radius 1 is 1.28 bits per heavy atom. The van der Waals surface area contributed by atoms with Gasteiger partial charge in [0.25, 0.3) is 0 Å². The molecule has 6 nitrogen and oxygen atoms in total. The first-order chi connectivity index (χ1) is 8.47. The molecule has 0 fully saturated rings. The van der Waals surface area contributed by atoms with Crippen LogP contribution in [0.2, 0.25) is 0 Å². The van der Waals surface area contributed by atoms with Gasteiger partial charge in [0.1, 0.15) is 6.04 Å². The Labute approximate surface area is 113 Å². The van der Waals surface area contributed by atoms with Crippen LogP contribution >= 0.6 is 15.9 Å². The summed E-state index contributed by atoms with van der Waals surface area (Å²) >= 11 is 3.25. The van der Waals surface area contributed by atoms with Crippen molar-refractivity contribution in [2.45, 2.75) is 6.04 Å². The summed E-state index contributed by atoms with van der Waals surface area (Å²) in [7, 11) is 4.31. The van der Waals surface area contributed by atoms with E-state index in [0.717, 1.165) is 0 Å². The summed E-state index contributed by atoms with van der Waals surface area (Å²) in [5.41, 5.74) is 5.92. The fourth-order valence-corrected chi connectivity index (χ4v) is 2.20. The highest BCUT2D eigenvalue weighted by atomic mass is 79.9. The smallest absolute Gasteiger partial charge is 0.325 e. The highest BCUT2D eigenvalue weighted by molar-refractivity contribution is 9.10. The van der Waals surface area contributed by atoms with Crippen molar-refractivity contribution in [1.82, 2.24) is 0 Å².